The van der Waals surface area contributed by atoms with Crippen molar-refractivity contribution in [2.75, 3.05) is 25.4 Å². The molecule has 0 aliphatic carbocycles. The first kappa shape index (κ1) is 22.0. The predicted molar refractivity (Wildman–Crippen MR) is 102 cm³/mol. The highest BCUT2D eigenvalue weighted by Crippen LogP contribution is 2.18. The summed E-state index contributed by atoms with van der Waals surface area (Å²) in [5.41, 5.74) is 8.06. The van der Waals surface area contributed by atoms with Crippen molar-refractivity contribution in [1.29, 1.82) is 0 Å². The van der Waals surface area contributed by atoms with Crippen LogP contribution in [0.5, 0.6) is 0 Å². The van der Waals surface area contributed by atoms with E-state index in [2.05, 4.69) is 24.1 Å². The Morgan fingerprint density at radius 1 is 1.39 bits per heavy atom. The maximum Gasteiger partial charge on any atom is 0.251 e. The van der Waals surface area contributed by atoms with Crippen molar-refractivity contribution in [3.05, 3.63) is 29.3 Å². The topological polar surface area (TPSA) is 58.4 Å². The molecule has 0 radical (unpaired) electrons. The third kappa shape index (κ3) is 6.21. The lowest BCUT2D eigenvalue weighted by Crippen LogP contribution is -2.43. The lowest BCUT2D eigenvalue weighted by atomic mass is 9.96. The molecule has 2 rings (SSSR count). The summed E-state index contributed by atoms with van der Waals surface area (Å²) in [5, 5.41) is 3.08. The Morgan fingerprint density at radius 3 is 2.74 bits per heavy atom. The minimum Gasteiger partial charge on any atom is -0.399 e. The normalized spacial score (nSPS) is 18.0. The molecular formula is C17H29Cl2N3O. The summed E-state index contributed by atoms with van der Waals surface area (Å²) in [5.74, 6) is 0.535. The van der Waals surface area contributed by atoms with Crippen LogP contribution in [0.2, 0.25) is 0 Å². The minimum absolute atomic E-state index is 0. The fraction of sp³-hybridized carbons (Fsp3) is 0.588. The van der Waals surface area contributed by atoms with E-state index in [1.807, 2.05) is 19.1 Å². The van der Waals surface area contributed by atoms with Crippen LogP contribution in [0.15, 0.2) is 18.2 Å². The molecule has 1 aromatic rings. The van der Waals surface area contributed by atoms with Crippen LogP contribution in [-0.4, -0.2) is 36.5 Å². The van der Waals surface area contributed by atoms with E-state index in [1.54, 1.807) is 6.07 Å². The molecule has 1 aromatic carbocycles. The van der Waals surface area contributed by atoms with E-state index >= 15 is 0 Å². The number of amides is 1. The van der Waals surface area contributed by atoms with Crippen LogP contribution in [0.1, 0.15) is 42.6 Å². The number of halogens is 2. The van der Waals surface area contributed by atoms with Gasteiger partial charge in [0.1, 0.15) is 0 Å². The maximum atomic E-state index is 12.3. The molecule has 1 atom stereocenters. The van der Waals surface area contributed by atoms with Crippen LogP contribution in [0.4, 0.5) is 5.69 Å². The molecule has 0 saturated carbocycles. The van der Waals surface area contributed by atoms with Crippen molar-refractivity contribution in [2.24, 2.45) is 5.92 Å². The van der Waals surface area contributed by atoms with Gasteiger partial charge in [0.05, 0.1) is 0 Å². The number of aryl methyl sites for hydroxylation is 1. The third-order valence-corrected chi connectivity index (χ3v) is 4.34. The zero-order chi connectivity index (χ0) is 15.4. The van der Waals surface area contributed by atoms with Crippen molar-refractivity contribution in [2.45, 2.75) is 39.7 Å². The second-order valence-corrected chi connectivity index (χ2v) is 6.38. The van der Waals surface area contributed by atoms with Crippen LogP contribution < -0.4 is 11.1 Å². The summed E-state index contributed by atoms with van der Waals surface area (Å²) in [6, 6.07) is 6.06. The third-order valence-electron chi connectivity index (χ3n) is 4.34. The first-order valence-electron chi connectivity index (χ1n) is 7.85. The number of anilines is 1. The summed E-state index contributed by atoms with van der Waals surface area (Å²) in [4.78, 5) is 14.8. The molecule has 1 aliphatic rings. The van der Waals surface area contributed by atoms with Gasteiger partial charge in [-0.2, -0.15) is 0 Å². The average Bonchev–Trinajstić information content (AvgIpc) is 2.47. The summed E-state index contributed by atoms with van der Waals surface area (Å²) in [6.07, 6.45) is 2.41. The highest BCUT2D eigenvalue weighted by atomic mass is 35.5. The fourth-order valence-corrected chi connectivity index (χ4v) is 2.95. The van der Waals surface area contributed by atoms with Gasteiger partial charge in [0.2, 0.25) is 0 Å². The molecular weight excluding hydrogens is 333 g/mol. The van der Waals surface area contributed by atoms with Crippen LogP contribution >= 0.6 is 24.8 Å². The van der Waals surface area contributed by atoms with Gasteiger partial charge in [0, 0.05) is 30.4 Å². The van der Waals surface area contributed by atoms with Gasteiger partial charge in [-0.25, -0.2) is 0 Å². The Labute approximate surface area is 152 Å². The standard InChI is InChI=1S/C17H27N3O.2ClH/c1-12(2)20-8-4-5-14(11-20)10-19-17(21)16-9-15(18)7-6-13(16)3;;/h6-7,9,12,14H,4-5,8,10-11,18H2,1-3H3,(H,19,21);2*1H. The minimum atomic E-state index is -0.0125. The molecule has 0 bridgehead atoms. The average molecular weight is 362 g/mol. The Bertz CT molecular complexity index is 509. The highest BCUT2D eigenvalue weighted by Gasteiger charge is 2.22. The number of rotatable bonds is 4. The van der Waals surface area contributed by atoms with Gasteiger partial charge < -0.3 is 16.0 Å². The van der Waals surface area contributed by atoms with Gasteiger partial charge in [-0.05, 0) is 63.8 Å². The second-order valence-electron chi connectivity index (χ2n) is 6.38. The molecule has 1 unspecified atom stereocenters. The predicted octanol–water partition coefficient (Wildman–Crippen LogP) is 3.27. The molecule has 23 heavy (non-hydrogen) atoms. The molecule has 0 spiro atoms. The fourth-order valence-electron chi connectivity index (χ4n) is 2.95. The Hall–Kier alpha value is -0.970. The number of nitrogens with two attached hydrogens (primary N) is 1. The molecule has 132 valence electrons. The smallest absolute Gasteiger partial charge is 0.251 e. The molecule has 4 nitrogen and oxygen atoms in total. The Balaban J connectivity index is 0.00000242. The van der Waals surface area contributed by atoms with Gasteiger partial charge in [0.15, 0.2) is 0 Å². The lowest BCUT2D eigenvalue weighted by molar-refractivity contribution is 0.0922. The summed E-state index contributed by atoms with van der Waals surface area (Å²) < 4.78 is 0. The summed E-state index contributed by atoms with van der Waals surface area (Å²) in [7, 11) is 0. The van der Waals surface area contributed by atoms with Gasteiger partial charge in [0.25, 0.3) is 5.91 Å². The molecule has 1 heterocycles. The number of hydrogen-bond donors (Lipinski definition) is 2. The van der Waals surface area contributed by atoms with E-state index in [-0.39, 0.29) is 30.7 Å². The summed E-state index contributed by atoms with van der Waals surface area (Å²) >= 11 is 0. The monoisotopic (exact) mass is 361 g/mol. The number of likely N-dealkylation sites (tertiary alicyclic amines) is 1. The van der Waals surface area contributed by atoms with Gasteiger partial charge >= 0.3 is 0 Å². The molecule has 1 fully saturated rings. The molecule has 1 aliphatic heterocycles. The zero-order valence-electron chi connectivity index (χ0n) is 14.2. The van der Waals surface area contributed by atoms with Crippen LogP contribution in [0.3, 0.4) is 0 Å². The van der Waals surface area contributed by atoms with Crippen molar-refractivity contribution < 1.29 is 4.79 Å². The van der Waals surface area contributed by atoms with E-state index in [4.69, 9.17) is 5.73 Å². The number of nitrogen functional groups attached to an aromatic ring is 1. The summed E-state index contributed by atoms with van der Waals surface area (Å²) in [6.45, 7) is 9.41. The van der Waals surface area contributed by atoms with E-state index in [9.17, 15) is 4.79 Å². The van der Waals surface area contributed by atoms with Gasteiger partial charge in [-0.1, -0.05) is 6.07 Å². The number of carbonyl (C=O) groups excluding carboxylic acids is 1. The first-order valence-corrected chi connectivity index (χ1v) is 7.85. The van der Waals surface area contributed by atoms with E-state index in [1.165, 1.54) is 19.4 Å². The van der Waals surface area contributed by atoms with Crippen molar-refractivity contribution >= 4 is 36.4 Å². The van der Waals surface area contributed by atoms with Gasteiger partial charge in [-0.3, -0.25) is 4.79 Å². The van der Waals surface area contributed by atoms with Crippen LogP contribution in [0, 0.1) is 12.8 Å². The van der Waals surface area contributed by atoms with E-state index < -0.39 is 0 Å². The molecule has 6 heteroatoms. The molecule has 3 N–H and O–H groups in total. The Kier molecular flexibility index (Phi) is 9.59. The van der Waals surface area contributed by atoms with E-state index in [0.29, 0.717) is 23.2 Å². The number of piperidine rings is 1. The quantitative estimate of drug-likeness (QED) is 0.809. The number of benzene rings is 1. The van der Waals surface area contributed by atoms with Crippen LogP contribution in [0.25, 0.3) is 0 Å². The molecule has 0 aromatic heterocycles. The Morgan fingerprint density at radius 2 is 2.09 bits per heavy atom. The van der Waals surface area contributed by atoms with Gasteiger partial charge in [-0.15, -0.1) is 24.8 Å². The first-order chi connectivity index (χ1) is 9.97. The largest absolute Gasteiger partial charge is 0.399 e. The highest BCUT2D eigenvalue weighted by molar-refractivity contribution is 5.96. The number of carbonyl (C=O) groups is 1. The molecule has 1 saturated heterocycles. The second kappa shape index (κ2) is 10.0. The SMILES string of the molecule is Cc1ccc(N)cc1C(=O)NCC1CCCN(C(C)C)C1.Cl.Cl. The van der Waals surface area contributed by atoms with Crippen molar-refractivity contribution in [1.82, 2.24) is 10.2 Å². The van der Waals surface area contributed by atoms with Crippen molar-refractivity contribution in [3.8, 4) is 0 Å². The lowest BCUT2D eigenvalue weighted by Gasteiger charge is -2.35. The van der Waals surface area contributed by atoms with Crippen LogP contribution in [-0.2, 0) is 0 Å². The molecule has 1 amide bonds. The number of nitrogens with zero attached hydrogens (tertiary/aromatic N) is 1. The van der Waals surface area contributed by atoms with E-state index in [0.717, 1.165) is 18.7 Å². The number of nitrogens with one attached hydrogen (secondary N) is 1. The number of hydrogen-bond acceptors (Lipinski definition) is 3. The zero-order valence-corrected chi connectivity index (χ0v) is 15.8. The van der Waals surface area contributed by atoms with Crippen molar-refractivity contribution in [3.63, 3.8) is 0 Å². The maximum absolute atomic E-state index is 12.3.